The van der Waals surface area contributed by atoms with Crippen molar-refractivity contribution in [1.29, 1.82) is 0 Å². The molecule has 0 amide bonds. The monoisotopic (exact) mass is 293 g/mol. The number of esters is 1. The maximum atomic E-state index is 11.7. The van der Waals surface area contributed by atoms with E-state index in [4.69, 9.17) is 15.2 Å². The standard InChI is InChI=1S/C15H23N3O3/c1-3-21-15(19)11-9-17-14(18-13(11)16)12(20-2)10-7-5-4-6-8-10/h9-10,12H,3-8H2,1-2H3,(H2,16,17,18). The van der Waals surface area contributed by atoms with Crippen LogP contribution >= 0.6 is 0 Å². The van der Waals surface area contributed by atoms with Gasteiger partial charge in [0.25, 0.3) is 0 Å². The van der Waals surface area contributed by atoms with Crippen LogP contribution < -0.4 is 5.73 Å². The predicted molar refractivity (Wildman–Crippen MR) is 78.7 cm³/mol. The van der Waals surface area contributed by atoms with Gasteiger partial charge >= 0.3 is 5.97 Å². The van der Waals surface area contributed by atoms with Crippen LogP contribution in [0.2, 0.25) is 0 Å². The third-order valence-corrected chi connectivity index (χ3v) is 3.92. The Morgan fingerprint density at radius 2 is 2.14 bits per heavy atom. The van der Waals surface area contributed by atoms with Gasteiger partial charge in [-0.05, 0) is 25.7 Å². The van der Waals surface area contributed by atoms with E-state index in [0.717, 1.165) is 12.8 Å². The molecule has 1 atom stereocenters. The van der Waals surface area contributed by atoms with E-state index in [2.05, 4.69) is 9.97 Å². The molecule has 0 saturated heterocycles. The van der Waals surface area contributed by atoms with Crippen LogP contribution in [0.1, 0.15) is 61.3 Å². The predicted octanol–water partition coefficient (Wildman–Crippen LogP) is 2.50. The lowest BCUT2D eigenvalue weighted by molar-refractivity contribution is 0.0288. The highest BCUT2D eigenvalue weighted by molar-refractivity contribution is 5.93. The van der Waals surface area contributed by atoms with Gasteiger partial charge in [-0.15, -0.1) is 0 Å². The van der Waals surface area contributed by atoms with Crippen LogP contribution in [-0.2, 0) is 9.47 Å². The summed E-state index contributed by atoms with van der Waals surface area (Å²) in [5.41, 5.74) is 6.07. The van der Waals surface area contributed by atoms with Crippen molar-refractivity contribution in [3.63, 3.8) is 0 Å². The fourth-order valence-corrected chi connectivity index (χ4v) is 2.86. The summed E-state index contributed by atoms with van der Waals surface area (Å²) >= 11 is 0. The van der Waals surface area contributed by atoms with Crippen LogP contribution in [0, 0.1) is 5.92 Å². The van der Waals surface area contributed by atoms with E-state index in [-0.39, 0.29) is 17.5 Å². The maximum Gasteiger partial charge on any atom is 0.343 e. The molecule has 1 aromatic rings. The van der Waals surface area contributed by atoms with Gasteiger partial charge in [-0.3, -0.25) is 0 Å². The Morgan fingerprint density at radius 1 is 1.43 bits per heavy atom. The molecule has 1 aromatic heterocycles. The van der Waals surface area contributed by atoms with E-state index in [1.165, 1.54) is 25.5 Å². The highest BCUT2D eigenvalue weighted by atomic mass is 16.5. The van der Waals surface area contributed by atoms with Gasteiger partial charge in [-0.25, -0.2) is 14.8 Å². The number of hydrogen-bond acceptors (Lipinski definition) is 6. The third kappa shape index (κ3) is 3.69. The van der Waals surface area contributed by atoms with Crippen LogP contribution in [0.3, 0.4) is 0 Å². The first-order chi connectivity index (χ1) is 10.2. The van der Waals surface area contributed by atoms with Crippen LogP contribution in [0.15, 0.2) is 6.20 Å². The summed E-state index contributed by atoms with van der Waals surface area (Å²) in [6, 6.07) is 0. The molecule has 6 heteroatoms. The largest absolute Gasteiger partial charge is 0.462 e. The number of ether oxygens (including phenoxy) is 2. The molecule has 1 aliphatic carbocycles. The van der Waals surface area contributed by atoms with E-state index >= 15 is 0 Å². The van der Waals surface area contributed by atoms with Gasteiger partial charge in [0.1, 0.15) is 17.5 Å². The van der Waals surface area contributed by atoms with Crippen LogP contribution in [-0.4, -0.2) is 29.7 Å². The number of nitrogen functional groups attached to an aromatic ring is 1. The van der Waals surface area contributed by atoms with Crippen molar-refractivity contribution in [2.75, 3.05) is 19.5 Å². The fourth-order valence-electron chi connectivity index (χ4n) is 2.86. The summed E-state index contributed by atoms with van der Waals surface area (Å²) in [5.74, 6) is 0.621. The summed E-state index contributed by atoms with van der Waals surface area (Å²) in [5, 5.41) is 0. The van der Waals surface area contributed by atoms with E-state index in [9.17, 15) is 4.79 Å². The Balaban J connectivity index is 2.18. The van der Waals surface area contributed by atoms with Crippen LogP contribution in [0.25, 0.3) is 0 Å². The van der Waals surface area contributed by atoms with Gasteiger partial charge in [-0.2, -0.15) is 0 Å². The van der Waals surface area contributed by atoms with Gasteiger partial charge < -0.3 is 15.2 Å². The molecule has 0 aromatic carbocycles. The molecule has 1 fully saturated rings. The summed E-state index contributed by atoms with van der Waals surface area (Å²) < 4.78 is 10.5. The molecule has 0 aliphatic heterocycles. The Hall–Kier alpha value is -1.69. The fraction of sp³-hybridized carbons (Fsp3) is 0.667. The van der Waals surface area contributed by atoms with Gasteiger partial charge in [0, 0.05) is 13.3 Å². The number of rotatable bonds is 5. The highest BCUT2D eigenvalue weighted by Gasteiger charge is 2.28. The number of methoxy groups -OCH3 is 1. The third-order valence-electron chi connectivity index (χ3n) is 3.92. The number of anilines is 1. The first-order valence-corrected chi connectivity index (χ1v) is 7.49. The number of hydrogen-bond donors (Lipinski definition) is 1. The Kier molecular flexibility index (Phi) is 5.50. The summed E-state index contributed by atoms with van der Waals surface area (Å²) in [6.07, 6.45) is 7.19. The zero-order valence-electron chi connectivity index (χ0n) is 12.7. The van der Waals surface area contributed by atoms with Crippen LogP contribution in [0.4, 0.5) is 5.82 Å². The van der Waals surface area contributed by atoms with Gasteiger partial charge in [0.15, 0.2) is 5.82 Å². The SMILES string of the molecule is CCOC(=O)c1cnc(C(OC)C2CCCCC2)nc1N. The summed E-state index contributed by atoms with van der Waals surface area (Å²) in [4.78, 5) is 20.2. The van der Waals surface area contributed by atoms with E-state index < -0.39 is 5.97 Å². The Bertz CT molecular complexity index is 487. The van der Waals surface area contributed by atoms with Crippen molar-refractivity contribution in [3.05, 3.63) is 17.6 Å². The van der Waals surface area contributed by atoms with Crippen molar-refractivity contribution in [3.8, 4) is 0 Å². The van der Waals surface area contributed by atoms with E-state index in [1.807, 2.05) is 0 Å². The van der Waals surface area contributed by atoms with Gasteiger partial charge in [0.05, 0.1) is 6.61 Å². The number of carbonyl (C=O) groups excluding carboxylic acids is 1. The smallest absolute Gasteiger partial charge is 0.343 e. The van der Waals surface area contributed by atoms with Crippen molar-refractivity contribution in [1.82, 2.24) is 9.97 Å². The molecule has 0 bridgehead atoms. The molecule has 2 N–H and O–H groups in total. The molecule has 6 nitrogen and oxygen atoms in total. The molecule has 1 unspecified atom stereocenters. The molecule has 21 heavy (non-hydrogen) atoms. The molecule has 1 saturated carbocycles. The summed E-state index contributed by atoms with van der Waals surface area (Å²) in [7, 11) is 1.66. The lowest BCUT2D eigenvalue weighted by atomic mass is 9.85. The molecule has 1 heterocycles. The zero-order valence-corrected chi connectivity index (χ0v) is 12.7. The minimum absolute atomic E-state index is 0.149. The van der Waals surface area contributed by atoms with E-state index in [1.54, 1.807) is 14.0 Å². The Labute approximate surface area is 125 Å². The number of nitrogens with two attached hydrogens (primary N) is 1. The van der Waals surface area contributed by atoms with Gasteiger partial charge in [-0.1, -0.05) is 19.3 Å². The van der Waals surface area contributed by atoms with Crippen LogP contribution in [0.5, 0.6) is 0 Å². The van der Waals surface area contributed by atoms with Crippen molar-refractivity contribution in [2.45, 2.75) is 45.1 Å². The van der Waals surface area contributed by atoms with Crippen molar-refractivity contribution >= 4 is 11.8 Å². The molecular formula is C15H23N3O3. The number of carbonyl (C=O) groups is 1. The molecular weight excluding hydrogens is 270 g/mol. The molecule has 2 rings (SSSR count). The lowest BCUT2D eigenvalue weighted by Crippen LogP contribution is -2.21. The molecule has 0 radical (unpaired) electrons. The topological polar surface area (TPSA) is 87.3 Å². The normalized spacial score (nSPS) is 17.4. The van der Waals surface area contributed by atoms with E-state index in [0.29, 0.717) is 18.3 Å². The quantitative estimate of drug-likeness (QED) is 0.839. The highest BCUT2D eigenvalue weighted by Crippen LogP contribution is 2.35. The number of nitrogens with zero attached hydrogens (tertiary/aromatic N) is 2. The average Bonchev–Trinajstić information content (AvgIpc) is 2.49. The average molecular weight is 293 g/mol. The summed E-state index contributed by atoms with van der Waals surface area (Å²) in [6.45, 7) is 2.04. The molecule has 0 spiro atoms. The number of aromatic nitrogens is 2. The first kappa shape index (κ1) is 15.7. The first-order valence-electron chi connectivity index (χ1n) is 7.49. The second-order valence-electron chi connectivity index (χ2n) is 5.30. The molecule has 1 aliphatic rings. The second kappa shape index (κ2) is 7.36. The van der Waals surface area contributed by atoms with Gasteiger partial charge in [0.2, 0.25) is 0 Å². The lowest BCUT2D eigenvalue weighted by Gasteiger charge is -2.28. The second-order valence-corrected chi connectivity index (χ2v) is 5.30. The minimum Gasteiger partial charge on any atom is -0.462 e. The maximum absolute atomic E-state index is 11.7. The zero-order chi connectivity index (χ0) is 15.2. The Morgan fingerprint density at radius 3 is 2.71 bits per heavy atom. The minimum atomic E-state index is -0.492. The van der Waals surface area contributed by atoms with Crippen molar-refractivity contribution < 1.29 is 14.3 Å². The molecule has 116 valence electrons. The van der Waals surface area contributed by atoms with Crippen molar-refractivity contribution in [2.24, 2.45) is 5.92 Å².